The van der Waals surface area contributed by atoms with E-state index in [0.29, 0.717) is 11.4 Å². The molecule has 1 heterocycles. The lowest BCUT2D eigenvalue weighted by molar-refractivity contribution is 0.548. The maximum absolute atomic E-state index is 9.09. The number of furan rings is 1. The second-order valence-corrected chi connectivity index (χ2v) is 4.17. The van der Waals surface area contributed by atoms with Crippen molar-refractivity contribution < 1.29 is 4.42 Å². The van der Waals surface area contributed by atoms with E-state index in [0.717, 1.165) is 11.3 Å². The summed E-state index contributed by atoms with van der Waals surface area (Å²) >= 11 is 0. The molecule has 2 aromatic rings. The number of nitrogens with zero attached hydrogens (tertiary/aromatic N) is 3. The molecule has 5 heteroatoms. The fourth-order valence-corrected chi connectivity index (χ4v) is 1.80. The molecule has 0 saturated heterocycles. The zero-order chi connectivity index (χ0) is 15.2. The predicted molar refractivity (Wildman–Crippen MR) is 76.4 cm³/mol. The summed E-state index contributed by atoms with van der Waals surface area (Å²) in [5.74, 6) is 1.41. The zero-order valence-electron chi connectivity index (χ0n) is 11.2. The molecule has 5 nitrogen and oxygen atoms in total. The monoisotopic (exact) mass is 274 g/mol. The first-order chi connectivity index (χ1) is 10.2. The molecule has 0 spiro atoms. The number of aryl methyl sites for hydroxylation is 1. The van der Waals surface area contributed by atoms with E-state index in [2.05, 4.69) is 5.32 Å². The van der Waals surface area contributed by atoms with E-state index in [-0.39, 0.29) is 11.3 Å². The van der Waals surface area contributed by atoms with Crippen molar-refractivity contribution in [2.45, 2.75) is 6.92 Å². The summed E-state index contributed by atoms with van der Waals surface area (Å²) < 4.78 is 5.57. The first-order valence-corrected chi connectivity index (χ1v) is 6.07. The molecule has 0 aliphatic rings. The molecule has 0 amide bonds. The minimum Gasteiger partial charge on any atom is -0.461 e. The lowest BCUT2D eigenvalue weighted by Crippen LogP contribution is -2.01. The number of para-hydroxylation sites is 1. The molecule has 21 heavy (non-hydrogen) atoms. The van der Waals surface area contributed by atoms with E-state index >= 15 is 0 Å². The van der Waals surface area contributed by atoms with Gasteiger partial charge in [0.1, 0.15) is 35.4 Å². The zero-order valence-corrected chi connectivity index (χ0v) is 11.2. The molecule has 0 saturated carbocycles. The quantitative estimate of drug-likeness (QED) is 0.864. The Morgan fingerprint density at radius 2 is 1.71 bits per heavy atom. The molecule has 0 radical (unpaired) electrons. The number of nitrogens with one attached hydrogen (secondary N) is 1. The molecular weight excluding hydrogens is 264 g/mol. The summed E-state index contributed by atoms with van der Waals surface area (Å²) in [6, 6.07) is 16.1. The lowest BCUT2D eigenvalue weighted by atomic mass is 10.1. The molecule has 1 N–H and O–H groups in total. The average Bonchev–Trinajstić information content (AvgIpc) is 2.94. The summed E-state index contributed by atoms with van der Waals surface area (Å²) in [5, 5.41) is 29.6. The van der Waals surface area contributed by atoms with Crippen LogP contribution in [0.3, 0.4) is 0 Å². The standard InChI is InChI=1S/C16H10N4O/c1-11-6-7-16(21-11)13-4-2-3-5-14(13)20-15(10-19)12(8-17)9-18/h2-7,20H,1H3. The highest BCUT2D eigenvalue weighted by atomic mass is 16.3. The number of allylic oxidation sites excluding steroid dienone is 2. The van der Waals surface area contributed by atoms with Gasteiger partial charge in [-0.3, -0.25) is 0 Å². The van der Waals surface area contributed by atoms with Gasteiger partial charge in [0.2, 0.25) is 0 Å². The largest absolute Gasteiger partial charge is 0.461 e. The van der Waals surface area contributed by atoms with Crippen molar-refractivity contribution >= 4 is 5.69 Å². The van der Waals surface area contributed by atoms with Gasteiger partial charge in [0.15, 0.2) is 5.57 Å². The van der Waals surface area contributed by atoms with Crippen LogP contribution in [0.15, 0.2) is 52.1 Å². The molecule has 0 aliphatic carbocycles. The second-order valence-electron chi connectivity index (χ2n) is 4.17. The van der Waals surface area contributed by atoms with Gasteiger partial charge in [0, 0.05) is 5.56 Å². The van der Waals surface area contributed by atoms with Crippen molar-refractivity contribution in [1.82, 2.24) is 0 Å². The van der Waals surface area contributed by atoms with Crippen LogP contribution in [-0.2, 0) is 0 Å². The van der Waals surface area contributed by atoms with E-state index in [9.17, 15) is 0 Å². The Hall–Kier alpha value is -3.49. The van der Waals surface area contributed by atoms with Crippen LogP contribution in [0.4, 0.5) is 5.69 Å². The molecule has 0 fully saturated rings. The maximum atomic E-state index is 9.09. The SMILES string of the molecule is Cc1ccc(-c2ccccc2NC(C#N)=C(C#N)C#N)o1. The molecule has 0 atom stereocenters. The van der Waals surface area contributed by atoms with Crippen molar-refractivity contribution in [2.24, 2.45) is 0 Å². The maximum Gasteiger partial charge on any atom is 0.163 e. The van der Waals surface area contributed by atoms with E-state index in [4.69, 9.17) is 20.2 Å². The van der Waals surface area contributed by atoms with Crippen LogP contribution in [0, 0.1) is 40.9 Å². The number of rotatable bonds is 3. The van der Waals surface area contributed by atoms with Crippen LogP contribution in [0.2, 0.25) is 0 Å². The van der Waals surface area contributed by atoms with E-state index in [1.54, 1.807) is 24.3 Å². The van der Waals surface area contributed by atoms with Crippen molar-refractivity contribution in [3.8, 4) is 29.5 Å². The van der Waals surface area contributed by atoms with E-state index < -0.39 is 0 Å². The second kappa shape index (κ2) is 6.10. The van der Waals surface area contributed by atoms with Crippen LogP contribution < -0.4 is 5.32 Å². The molecular formula is C16H10N4O. The molecule has 1 aromatic carbocycles. The van der Waals surface area contributed by atoms with Crippen molar-refractivity contribution in [2.75, 3.05) is 5.32 Å². The van der Waals surface area contributed by atoms with Gasteiger partial charge in [0.25, 0.3) is 0 Å². The fourth-order valence-electron chi connectivity index (χ4n) is 1.80. The Morgan fingerprint density at radius 1 is 1.00 bits per heavy atom. The topological polar surface area (TPSA) is 96.5 Å². The van der Waals surface area contributed by atoms with Gasteiger partial charge in [-0.15, -0.1) is 0 Å². The molecule has 0 aliphatic heterocycles. The van der Waals surface area contributed by atoms with Gasteiger partial charge in [-0.1, -0.05) is 12.1 Å². The minimum atomic E-state index is -0.261. The van der Waals surface area contributed by atoms with E-state index in [1.165, 1.54) is 0 Å². The van der Waals surface area contributed by atoms with Crippen LogP contribution >= 0.6 is 0 Å². The molecule has 0 unspecified atom stereocenters. The Bertz CT molecular complexity index is 809. The Labute approximate surface area is 122 Å². The van der Waals surface area contributed by atoms with Crippen molar-refractivity contribution in [1.29, 1.82) is 15.8 Å². The first kappa shape index (κ1) is 13.9. The summed E-state index contributed by atoms with van der Waals surface area (Å²) in [6.07, 6.45) is 0. The fraction of sp³-hybridized carbons (Fsp3) is 0.0625. The minimum absolute atomic E-state index is 0.0873. The highest BCUT2D eigenvalue weighted by molar-refractivity contribution is 5.77. The molecule has 100 valence electrons. The van der Waals surface area contributed by atoms with Gasteiger partial charge in [-0.25, -0.2) is 0 Å². The van der Waals surface area contributed by atoms with Crippen molar-refractivity contribution in [3.05, 3.63) is 53.4 Å². The van der Waals surface area contributed by atoms with Crippen molar-refractivity contribution in [3.63, 3.8) is 0 Å². The van der Waals surface area contributed by atoms with Crippen LogP contribution in [0.1, 0.15) is 5.76 Å². The third-order valence-electron chi connectivity index (χ3n) is 2.78. The first-order valence-electron chi connectivity index (χ1n) is 6.07. The normalized spacial score (nSPS) is 9.05. The summed E-state index contributed by atoms with van der Waals surface area (Å²) in [4.78, 5) is 0. The average molecular weight is 274 g/mol. The molecule has 2 rings (SSSR count). The van der Waals surface area contributed by atoms with Gasteiger partial charge >= 0.3 is 0 Å². The van der Waals surface area contributed by atoms with Gasteiger partial charge in [-0.2, -0.15) is 15.8 Å². The smallest absolute Gasteiger partial charge is 0.163 e. The number of nitriles is 3. The van der Waals surface area contributed by atoms with Gasteiger partial charge < -0.3 is 9.73 Å². The number of benzene rings is 1. The molecule has 1 aromatic heterocycles. The third kappa shape index (κ3) is 2.92. The number of anilines is 1. The Kier molecular flexibility index (Phi) is 4.05. The lowest BCUT2D eigenvalue weighted by Gasteiger charge is -2.09. The summed E-state index contributed by atoms with van der Waals surface area (Å²) in [5.41, 5.74) is 0.985. The number of hydrogen-bond donors (Lipinski definition) is 1. The van der Waals surface area contributed by atoms with E-state index in [1.807, 2.05) is 37.3 Å². The van der Waals surface area contributed by atoms with Crippen LogP contribution in [-0.4, -0.2) is 0 Å². The Balaban J connectivity index is 2.48. The number of hydrogen-bond acceptors (Lipinski definition) is 5. The van der Waals surface area contributed by atoms with Crippen LogP contribution in [0.25, 0.3) is 11.3 Å². The Morgan fingerprint density at radius 3 is 2.29 bits per heavy atom. The van der Waals surface area contributed by atoms with Crippen LogP contribution in [0.5, 0.6) is 0 Å². The predicted octanol–water partition coefficient (Wildman–Crippen LogP) is 3.49. The highest BCUT2D eigenvalue weighted by Gasteiger charge is 2.12. The summed E-state index contributed by atoms with van der Waals surface area (Å²) in [6.45, 7) is 1.84. The molecule has 0 bridgehead atoms. The van der Waals surface area contributed by atoms with Gasteiger partial charge in [-0.05, 0) is 31.2 Å². The third-order valence-corrected chi connectivity index (χ3v) is 2.78. The highest BCUT2D eigenvalue weighted by Crippen LogP contribution is 2.30. The summed E-state index contributed by atoms with van der Waals surface area (Å²) in [7, 11) is 0. The van der Waals surface area contributed by atoms with Gasteiger partial charge in [0.05, 0.1) is 5.69 Å².